The molecule has 0 bridgehead atoms. The zero-order valence-corrected chi connectivity index (χ0v) is 13.4. The molecule has 4 nitrogen and oxygen atoms in total. The minimum absolute atomic E-state index is 0.456. The molecule has 1 aromatic heterocycles. The van der Waals surface area contributed by atoms with E-state index in [-0.39, 0.29) is 0 Å². The summed E-state index contributed by atoms with van der Waals surface area (Å²) in [4.78, 5) is 2.20. The van der Waals surface area contributed by atoms with Gasteiger partial charge in [-0.2, -0.15) is 5.10 Å². The van der Waals surface area contributed by atoms with E-state index in [2.05, 4.69) is 36.3 Å². The second-order valence-electron chi connectivity index (χ2n) is 5.58. The van der Waals surface area contributed by atoms with E-state index in [1.807, 2.05) is 29.9 Å². The van der Waals surface area contributed by atoms with E-state index in [0.29, 0.717) is 6.04 Å². The van der Waals surface area contributed by atoms with Crippen molar-refractivity contribution in [2.24, 2.45) is 7.05 Å². The zero-order chi connectivity index (χ0) is 14.7. The van der Waals surface area contributed by atoms with Crippen LogP contribution in [0.15, 0.2) is 18.2 Å². The van der Waals surface area contributed by atoms with Crippen molar-refractivity contribution in [2.45, 2.75) is 25.9 Å². The molecule has 1 aromatic carbocycles. The van der Waals surface area contributed by atoms with Crippen LogP contribution in [-0.4, -0.2) is 41.4 Å². The average molecular weight is 295 g/mol. The maximum absolute atomic E-state index is 6.31. The van der Waals surface area contributed by atoms with Crippen LogP contribution in [0.1, 0.15) is 19.0 Å². The van der Waals surface area contributed by atoms with Crippen LogP contribution in [0.3, 0.4) is 0 Å². The Kier molecular flexibility index (Phi) is 5.02. The number of aromatic nitrogens is 2. The molecule has 1 heterocycles. The molecular formula is C15H23ClN4. The average Bonchev–Trinajstić information content (AvgIpc) is 2.72. The van der Waals surface area contributed by atoms with Gasteiger partial charge in [0, 0.05) is 25.0 Å². The first-order valence-corrected chi connectivity index (χ1v) is 7.35. The maximum atomic E-state index is 6.31. The van der Waals surface area contributed by atoms with Crippen molar-refractivity contribution in [3.8, 4) is 0 Å². The number of aryl methyl sites for hydroxylation is 1. The van der Waals surface area contributed by atoms with Gasteiger partial charge in [0.05, 0.1) is 16.2 Å². The number of hydrogen-bond acceptors (Lipinski definition) is 3. The third-order valence-corrected chi connectivity index (χ3v) is 3.84. The minimum Gasteiger partial charge on any atom is -0.309 e. The first kappa shape index (κ1) is 15.3. The van der Waals surface area contributed by atoms with Gasteiger partial charge in [0.25, 0.3) is 0 Å². The first-order valence-electron chi connectivity index (χ1n) is 6.97. The van der Waals surface area contributed by atoms with Gasteiger partial charge in [0.15, 0.2) is 0 Å². The largest absolute Gasteiger partial charge is 0.309 e. The fourth-order valence-electron chi connectivity index (χ4n) is 2.30. The molecule has 0 aliphatic rings. The molecule has 2 rings (SSSR count). The molecule has 0 spiro atoms. The van der Waals surface area contributed by atoms with Crippen molar-refractivity contribution in [1.29, 1.82) is 0 Å². The van der Waals surface area contributed by atoms with E-state index >= 15 is 0 Å². The van der Waals surface area contributed by atoms with Crippen molar-refractivity contribution in [2.75, 3.05) is 20.6 Å². The number of nitrogens with one attached hydrogen (secondary N) is 1. The summed E-state index contributed by atoms with van der Waals surface area (Å²) in [5.74, 6) is 0. The van der Waals surface area contributed by atoms with Gasteiger partial charge in [-0.25, -0.2) is 0 Å². The topological polar surface area (TPSA) is 33.1 Å². The van der Waals surface area contributed by atoms with Gasteiger partial charge in [0.1, 0.15) is 0 Å². The monoisotopic (exact) mass is 294 g/mol. The highest BCUT2D eigenvalue weighted by Gasteiger charge is 2.12. The first-order chi connectivity index (χ1) is 9.49. The maximum Gasteiger partial charge on any atom is 0.0856 e. The Morgan fingerprint density at radius 1 is 1.40 bits per heavy atom. The van der Waals surface area contributed by atoms with Gasteiger partial charge < -0.3 is 10.2 Å². The van der Waals surface area contributed by atoms with E-state index in [4.69, 9.17) is 11.6 Å². The normalized spacial score (nSPS) is 13.3. The molecule has 0 aliphatic carbocycles. The van der Waals surface area contributed by atoms with Crippen molar-refractivity contribution in [3.63, 3.8) is 0 Å². The molecule has 2 aromatic rings. The van der Waals surface area contributed by atoms with Crippen LogP contribution in [0, 0.1) is 0 Å². The molecule has 1 atom stereocenters. The molecular weight excluding hydrogens is 272 g/mol. The quantitative estimate of drug-likeness (QED) is 0.889. The summed E-state index contributed by atoms with van der Waals surface area (Å²) < 4.78 is 1.89. The van der Waals surface area contributed by atoms with Gasteiger partial charge >= 0.3 is 0 Å². The van der Waals surface area contributed by atoms with Crippen LogP contribution in [0.5, 0.6) is 0 Å². The molecule has 20 heavy (non-hydrogen) atoms. The summed E-state index contributed by atoms with van der Waals surface area (Å²) in [6, 6.07) is 6.39. The second kappa shape index (κ2) is 6.57. The Morgan fingerprint density at radius 2 is 2.15 bits per heavy atom. The van der Waals surface area contributed by atoms with Crippen molar-refractivity contribution in [1.82, 2.24) is 20.0 Å². The highest BCUT2D eigenvalue weighted by molar-refractivity contribution is 6.35. The van der Waals surface area contributed by atoms with E-state index < -0.39 is 0 Å². The van der Waals surface area contributed by atoms with Gasteiger partial charge in [-0.3, -0.25) is 4.68 Å². The third-order valence-electron chi connectivity index (χ3n) is 3.53. The number of rotatable bonds is 6. The molecule has 1 N–H and O–H groups in total. The van der Waals surface area contributed by atoms with Gasteiger partial charge in [-0.05, 0) is 46.1 Å². The van der Waals surface area contributed by atoms with Crippen LogP contribution in [0.25, 0.3) is 10.9 Å². The predicted octanol–water partition coefficient (Wildman–Crippen LogP) is 2.66. The molecule has 110 valence electrons. The summed E-state index contributed by atoms with van der Waals surface area (Å²) in [6.45, 7) is 4.03. The number of fused-ring (bicyclic) bond motifs is 1. The summed E-state index contributed by atoms with van der Waals surface area (Å²) in [6.07, 6.45) is 1.12. The molecule has 0 amide bonds. The number of halogens is 1. The number of hydrogen-bond donors (Lipinski definition) is 1. The van der Waals surface area contributed by atoms with Gasteiger partial charge in [-0.1, -0.05) is 17.7 Å². The van der Waals surface area contributed by atoms with Crippen LogP contribution in [0.4, 0.5) is 0 Å². The van der Waals surface area contributed by atoms with E-state index in [1.54, 1.807) is 0 Å². The summed E-state index contributed by atoms with van der Waals surface area (Å²) >= 11 is 6.31. The van der Waals surface area contributed by atoms with Gasteiger partial charge in [-0.15, -0.1) is 0 Å². The zero-order valence-electron chi connectivity index (χ0n) is 12.7. The molecule has 5 heteroatoms. The van der Waals surface area contributed by atoms with E-state index in [9.17, 15) is 0 Å². The van der Waals surface area contributed by atoms with Crippen molar-refractivity contribution >= 4 is 22.5 Å². The highest BCUT2D eigenvalue weighted by Crippen LogP contribution is 2.26. The summed E-state index contributed by atoms with van der Waals surface area (Å²) in [7, 11) is 6.15. The molecule has 0 saturated heterocycles. The fraction of sp³-hybridized carbons (Fsp3) is 0.533. The molecule has 0 unspecified atom stereocenters. The van der Waals surface area contributed by atoms with Crippen LogP contribution in [0.2, 0.25) is 5.02 Å². The van der Waals surface area contributed by atoms with E-state index in [1.165, 1.54) is 0 Å². The van der Waals surface area contributed by atoms with Crippen molar-refractivity contribution in [3.05, 3.63) is 28.9 Å². The summed E-state index contributed by atoms with van der Waals surface area (Å²) in [5, 5.41) is 9.93. The van der Waals surface area contributed by atoms with Crippen LogP contribution < -0.4 is 5.32 Å². The Balaban J connectivity index is 2.07. The van der Waals surface area contributed by atoms with Gasteiger partial charge in [0.2, 0.25) is 0 Å². The molecule has 0 radical (unpaired) electrons. The molecule has 0 fully saturated rings. The minimum atomic E-state index is 0.456. The SMILES string of the molecule is C[C@H](CCN(C)C)NCc1nn(C)c2cccc(Cl)c12. The lowest BCUT2D eigenvalue weighted by atomic mass is 10.2. The third kappa shape index (κ3) is 3.51. The van der Waals surface area contributed by atoms with E-state index in [0.717, 1.165) is 41.1 Å². The Hall–Kier alpha value is -1.10. The van der Waals surface area contributed by atoms with Crippen LogP contribution in [-0.2, 0) is 13.6 Å². The lowest BCUT2D eigenvalue weighted by Gasteiger charge is -2.16. The fourth-order valence-corrected chi connectivity index (χ4v) is 2.58. The molecule has 0 saturated carbocycles. The standard InChI is InChI=1S/C15H23ClN4/c1-11(8-9-19(2)3)17-10-13-15-12(16)6-5-7-14(15)20(4)18-13/h5-7,11,17H,8-10H2,1-4H3/t11-/m1/s1. The number of benzene rings is 1. The second-order valence-corrected chi connectivity index (χ2v) is 5.99. The summed E-state index contributed by atoms with van der Waals surface area (Å²) in [5.41, 5.74) is 2.10. The lowest BCUT2D eigenvalue weighted by molar-refractivity contribution is 0.365. The molecule has 0 aliphatic heterocycles. The highest BCUT2D eigenvalue weighted by atomic mass is 35.5. The Bertz CT molecular complexity index is 577. The number of nitrogens with zero attached hydrogens (tertiary/aromatic N) is 3. The van der Waals surface area contributed by atoms with Crippen LogP contribution >= 0.6 is 11.6 Å². The Morgan fingerprint density at radius 3 is 2.85 bits per heavy atom. The smallest absolute Gasteiger partial charge is 0.0856 e. The predicted molar refractivity (Wildman–Crippen MR) is 85.2 cm³/mol. The Labute approximate surface area is 125 Å². The van der Waals surface area contributed by atoms with Crippen molar-refractivity contribution < 1.29 is 0 Å². The lowest BCUT2D eigenvalue weighted by Crippen LogP contribution is -2.29.